The summed E-state index contributed by atoms with van der Waals surface area (Å²) in [6.07, 6.45) is 7.61. The predicted octanol–water partition coefficient (Wildman–Crippen LogP) is 3.94. The minimum absolute atomic E-state index is 0.104. The van der Waals surface area contributed by atoms with Gasteiger partial charge in [0.2, 0.25) is 0 Å². The van der Waals surface area contributed by atoms with Gasteiger partial charge in [0.1, 0.15) is 17.8 Å². The summed E-state index contributed by atoms with van der Waals surface area (Å²) >= 11 is 0. The number of aryl methyl sites for hydroxylation is 1. The van der Waals surface area contributed by atoms with Gasteiger partial charge in [-0.1, -0.05) is 30.3 Å². The minimum atomic E-state index is 0.104. The molecule has 1 atom stereocenters. The van der Waals surface area contributed by atoms with Crippen LogP contribution in [-0.4, -0.2) is 24.3 Å². The second kappa shape index (κ2) is 5.98. The van der Waals surface area contributed by atoms with Crippen LogP contribution in [0.4, 0.5) is 0 Å². The van der Waals surface area contributed by atoms with Gasteiger partial charge in [-0.25, -0.2) is 9.97 Å². The van der Waals surface area contributed by atoms with E-state index >= 15 is 0 Å². The van der Waals surface area contributed by atoms with E-state index in [4.69, 9.17) is 9.40 Å². The molecular formula is C20H19N5O. The molecule has 3 heterocycles. The van der Waals surface area contributed by atoms with Crippen molar-refractivity contribution in [3.8, 4) is 22.7 Å². The summed E-state index contributed by atoms with van der Waals surface area (Å²) < 4.78 is 9.84. The molecule has 1 aliphatic rings. The second-order valence-corrected chi connectivity index (χ2v) is 6.72. The Morgan fingerprint density at radius 1 is 1.08 bits per heavy atom. The molecule has 0 saturated heterocycles. The Kier molecular flexibility index (Phi) is 3.48. The number of nitrogens with zero attached hydrogens (tertiary/aromatic N) is 5. The third-order valence-electron chi connectivity index (χ3n) is 4.97. The van der Waals surface area contributed by atoms with Gasteiger partial charge in [0, 0.05) is 12.6 Å². The Hall–Kier alpha value is -3.15. The molecule has 0 unspecified atom stereocenters. The topological polar surface area (TPSA) is 61.7 Å². The minimum Gasteiger partial charge on any atom is -0.463 e. The molecule has 1 aromatic carbocycles. The van der Waals surface area contributed by atoms with E-state index in [0.29, 0.717) is 5.92 Å². The van der Waals surface area contributed by atoms with E-state index in [1.54, 1.807) is 12.6 Å². The van der Waals surface area contributed by atoms with Crippen LogP contribution in [0.5, 0.6) is 0 Å². The maximum absolute atomic E-state index is 5.77. The first-order chi connectivity index (χ1) is 12.8. The Morgan fingerprint density at radius 2 is 1.92 bits per heavy atom. The molecule has 6 nitrogen and oxygen atoms in total. The molecule has 6 heteroatoms. The van der Waals surface area contributed by atoms with Gasteiger partial charge in [0.15, 0.2) is 5.76 Å². The molecular weight excluding hydrogens is 326 g/mol. The highest BCUT2D eigenvalue weighted by atomic mass is 16.3. The zero-order chi connectivity index (χ0) is 17.5. The Morgan fingerprint density at radius 3 is 2.58 bits per heavy atom. The number of benzene rings is 1. The first-order valence-corrected chi connectivity index (χ1v) is 8.83. The largest absolute Gasteiger partial charge is 0.463 e. The van der Waals surface area contributed by atoms with Crippen LogP contribution in [0.3, 0.4) is 0 Å². The van der Waals surface area contributed by atoms with E-state index in [1.165, 1.54) is 12.8 Å². The molecule has 3 aromatic heterocycles. The van der Waals surface area contributed by atoms with Gasteiger partial charge in [0.25, 0.3) is 0 Å². The Balaban J connectivity index is 1.72. The van der Waals surface area contributed by atoms with Crippen LogP contribution >= 0.6 is 0 Å². The van der Waals surface area contributed by atoms with E-state index < -0.39 is 0 Å². The highest BCUT2D eigenvalue weighted by Gasteiger charge is 2.38. The molecule has 0 spiro atoms. The lowest BCUT2D eigenvalue weighted by molar-refractivity contribution is 0.466. The predicted molar refractivity (Wildman–Crippen MR) is 97.2 cm³/mol. The van der Waals surface area contributed by atoms with Crippen LogP contribution in [0.15, 0.2) is 65.8 Å². The highest BCUT2D eigenvalue weighted by molar-refractivity contribution is 5.76. The number of furan rings is 1. The number of imidazole rings is 1. The zero-order valence-corrected chi connectivity index (χ0v) is 14.5. The molecule has 5 rings (SSSR count). The molecule has 0 radical (unpaired) electrons. The number of aromatic nitrogens is 5. The third-order valence-corrected chi connectivity index (χ3v) is 4.97. The van der Waals surface area contributed by atoms with Crippen molar-refractivity contribution in [2.75, 3.05) is 0 Å². The normalized spacial score (nSPS) is 15.3. The van der Waals surface area contributed by atoms with Crippen LogP contribution in [0.1, 0.15) is 24.7 Å². The molecule has 1 aliphatic carbocycles. The lowest BCUT2D eigenvalue weighted by Gasteiger charge is -2.19. The standard InChI is InChI=1S/C20H19N5O/c1-24-20(21-12-23-24)18(15-9-10-15)25-13-22-17(14-6-3-2-4-7-14)19(25)16-8-5-11-26-16/h2-8,11-13,15,18H,9-10H2,1H3/t18-/m0/s1. The summed E-state index contributed by atoms with van der Waals surface area (Å²) in [5.41, 5.74) is 2.99. The van der Waals surface area contributed by atoms with Crippen molar-refractivity contribution in [1.82, 2.24) is 24.3 Å². The zero-order valence-electron chi connectivity index (χ0n) is 14.5. The maximum atomic E-state index is 5.77. The molecule has 1 fully saturated rings. The summed E-state index contributed by atoms with van der Waals surface area (Å²) in [6.45, 7) is 0. The molecule has 0 aliphatic heterocycles. The SMILES string of the molecule is Cn1ncnc1[C@H](C1CC1)n1cnc(-c2ccccc2)c1-c1ccco1. The average molecular weight is 345 g/mol. The van der Waals surface area contributed by atoms with E-state index in [1.807, 2.05) is 48.4 Å². The Bertz CT molecular complexity index is 1010. The number of hydrogen-bond acceptors (Lipinski definition) is 4. The van der Waals surface area contributed by atoms with Gasteiger partial charge in [-0.05, 0) is 30.9 Å². The fourth-order valence-corrected chi connectivity index (χ4v) is 3.58. The molecule has 0 bridgehead atoms. The molecule has 0 N–H and O–H groups in total. The van der Waals surface area contributed by atoms with Crippen LogP contribution in [-0.2, 0) is 7.05 Å². The fourth-order valence-electron chi connectivity index (χ4n) is 3.58. The van der Waals surface area contributed by atoms with Crippen LogP contribution < -0.4 is 0 Å². The smallest absolute Gasteiger partial charge is 0.152 e. The van der Waals surface area contributed by atoms with Gasteiger partial charge in [0.05, 0.1) is 24.3 Å². The first-order valence-electron chi connectivity index (χ1n) is 8.83. The number of hydrogen-bond donors (Lipinski definition) is 0. The summed E-state index contributed by atoms with van der Waals surface area (Å²) in [7, 11) is 1.94. The maximum Gasteiger partial charge on any atom is 0.152 e. The van der Waals surface area contributed by atoms with Gasteiger partial charge >= 0.3 is 0 Å². The van der Waals surface area contributed by atoms with E-state index in [-0.39, 0.29) is 6.04 Å². The van der Waals surface area contributed by atoms with E-state index in [2.05, 4.69) is 26.8 Å². The van der Waals surface area contributed by atoms with E-state index in [9.17, 15) is 0 Å². The average Bonchev–Trinajstić information content (AvgIpc) is 3.04. The summed E-state index contributed by atoms with van der Waals surface area (Å²) in [4.78, 5) is 9.29. The second-order valence-electron chi connectivity index (χ2n) is 6.72. The van der Waals surface area contributed by atoms with Gasteiger partial charge in [-0.2, -0.15) is 5.10 Å². The third kappa shape index (κ3) is 2.45. The number of rotatable bonds is 5. The van der Waals surface area contributed by atoms with Crippen molar-refractivity contribution >= 4 is 0 Å². The molecule has 1 saturated carbocycles. The van der Waals surface area contributed by atoms with Crippen molar-refractivity contribution in [3.05, 3.63) is 67.2 Å². The van der Waals surface area contributed by atoms with Crippen LogP contribution in [0, 0.1) is 5.92 Å². The molecule has 4 aromatic rings. The van der Waals surface area contributed by atoms with Crippen molar-refractivity contribution in [2.24, 2.45) is 13.0 Å². The summed E-state index contributed by atoms with van der Waals surface area (Å²) in [5.74, 6) is 2.32. The van der Waals surface area contributed by atoms with E-state index in [0.717, 1.165) is 28.5 Å². The van der Waals surface area contributed by atoms with Crippen molar-refractivity contribution in [3.63, 3.8) is 0 Å². The highest BCUT2D eigenvalue weighted by Crippen LogP contribution is 2.45. The molecule has 130 valence electrons. The van der Waals surface area contributed by atoms with Crippen molar-refractivity contribution in [1.29, 1.82) is 0 Å². The van der Waals surface area contributed by atoms with Gasteiger partial charge in [-0.15, -0.1) is 0 Å². The van der Waals surface area contributed by atoms with Gasteiger partial charge < -0.3 is 8.98 Å². The summed E-state index contributed by atoms with van der Waals surface area (Å²) in [6, 6.07) is 14.2. The quantitative estimate of drug-likeness (QED) is 0.550. The van der Waals surface area contributed by atoms with Gasteiger partial charge in [-0.3, -0.25) is 4.68 Å². The molecule has 26 heavy (non-hydrogen) atoms. The fraction of sp³-hybridized carbons (Fsp3) is 0.250. The first kappa shape index (κ1) is 15.1. The van der Waals surface area contributed by atoms with Crippen LogP contribution in [0.2, 0.25) is 0 Å². The summed E-state index contributed by atoms with van der Waals surface area (Å²) in [5, 5.41) is 4.28. The van der Waals surface area contributed by atoms with Crippen molar-refractivity contribution in [2.45, 2.75) is 18.9 Å². The monoisotopic (exact) mass is 345 g/mol. The lowest BCUT2D eigenvalue weighted by atomic mass is 10.1. The lowest BCUT2D eigenvalue weighted by Crippen LogP contribution is -2.18. The Labute approximate surface area is 151 Å². The van der Waals surface area contributed by atoms with Crippen molar-refractivity contribution < 1.29 is 4.42 Å². The van der Waals surface area contributed by atoms with Crippen LogP contribution in [0.25, 0.3) is 22.7 Å². The molecule has 0 amide bonds.